The van der Waals surface area contributed by atoms with Gasteiger partial charge in [0.25, 0.3) is 0 Å². The van der Waals surface area contributed by atoms with Gasteiger partial charge in [-0.15, -0.1) is 0 Å². The summed E-state index contributed by atoms with van der Waals surface area (Å²) in [5, 5.41) is 8.99. The van der Waals surface area contributed by atoms with E-state index in [0.717, 1.165) is 5.56 Å². The summed E-state index contributed by atoms with van der Waals surface area (Å²) < 4.78 is 13.8. The molecule has 7 heteroatoms. The number of nitrogens with zero attached hydrogens (tertiary/aromatic N) is 3. The van der Waals surface area contributed by atoms with Gasteiger partial charge in [-0.1, -0.05) is 12.1 Å². The van der Waals surface area contributed by atoms with Gasteiger partial charge in [0.2, 0.25) is 5.91 Å². The first-order valence-electron chi connectivity index (χ1n) is 8.54. The summed E-state index contributed by atoms with van der Waals surface area (Å²) in [6.07, 6.45) is 0.115. The predicted octanol–water partition coefficient (Wildman–Crippen LogP) is 1.32. The molecule has 0 aliphatic carbocycles. The molecule has 1 N–H and O–H groups in total. The Bertz CT molecular complexity index is 667. The van der Waals surface area contributed by atoms with Crippen LogP contribution in [-0.2, 0) is 4.79 Å². The first-order valence-corrected chi connectivity index (χ1v) is 8.54. The standard InChI is InChI=1S/C18H24FN3O3/c1-20(2)18(25)22-10-13-9-21(16(24)6-7-23)11-15(13)17(22)12-4-3-5-14(19)8-12/h3-5,8,13,15,17,23H,6-7,9-11H2,1-2H3/t13-,15-,17-/m1/s1. The van der Waals surface area contributed by atoms with Crippen molar-refractivity contribution < 1.29 is 19.1 Å². The molecule has 136 valence electrons. The van der Waals surface area contributed by atoms with Crippen molar-refractivity contribution >= 4 is 11.9 Å². The predicted molar refractivity (Wildman–Crippen MR) is 90.2 cm³/mol. The lowest BCUT2D eigenvalue weighted by Gasteiger charge is -2.31. The van der Waals surface area contributed by atoms with Gasteiger partial charge < -0.3 is 19.8 Å². The van der Waals surface area contributed by atoms with Crippen LogP contribution in [0.1, 0.15) is 18.0 Å². The first-order chi connectivity index (χ1) is 11.9. The zero-order valence-electron chi connectivity index (χ0n) is 14.6. The Balaban J connectivity index is 1.88. The quantitative estimate of drug-likeness (QED) is 0.895. The Morgan fingerprint density at radius 2 is 2.04 bits per heavy atom. The van der Waals surface area contributed by atoms with E-state index in [-0.39, 0.29) is 48.7 Å². The lowest BCUT2D eigenvalue weighted by Crippen LogP contribution is -2.42. The van der Waals surface area contributed by atoms with E-state index in [0.29, 0.717) is 19.6 Å². The molecule has 0 aromatic heterocycles. The highest BCUT2D eigenvalue weighted by Gasteiger charge is 2.50. The van der Waals surface area contributed by atoms with Gasteiger partial charge in [0.1, 0.15) is 5.82 Å². The molecule has 2 heterocycles. The topological polar surface area (TPSA) is 64.1 Å². The van der Waals surface area contributed by atoms with E-state index in [2.05, 4.69) is 0 Å². The van der Waals surface area contributed by atoms with Crippen molar-refractivity contribution in [3.8, 4) is 0 Å². The van der Waals surface area contributed by atoms with E-state index in [4.69, 9.17) is 5.11 Å². The van der Waals surface area contributed by atoms with Gasteiger partial charge in [-0.25, -0.2) is 9.18 Å². The second-order valence-electron chi connectivity index (χ2n) is 7.03. The van der Waals surface area contributed by atoms with Crippen molar-refractivity contribution in [3.63, 3.8) is 0 Å². The molecule has 2 aliphatic heterocycles. The molecule has 1 aromatic carbocycles. The average molecular weight is 349 g/mol. The Morgan fingerprint density at radius 1 is 1.28 bits per heavy atom. The third-order valence-electron chi connectivity index (χ3n) is 5.16. The Morgan fingerprint density at radius 3 is 2.68 bits per heavy atom. The van der Waals surface area contributed by atoms with E-state index in [9.17, 15) is 14.0 Å². The number of benzene rings is 1. The van der Waals surface area contributed by atoms with E-state index < -0.39 is 0 Å². The van der Waals surface area contributed by atoms with Crippen molar-refractivity contribution in [2.75, 3.05) is 40.3 Å². The van der Waals surface area contributed by atoms with E-state index in [1.807, 2.05) is 6.07 Å². The number of fused-ring (bicyclic) bond motifs is 1. The highest BCUT2D eigenvalue weighted by Crippen LogP contribution is 2.45. The second-order valence-corrected chi connectivity index (χ2v) is 7.03. The van der Waals surface area contributed by atoms with Crippen LogP contribution < -0.4 is 0 Å². The van der Waals surface area contributed by atoms with Crippen molar-refractivity contribution in [1.29, 1.82) is 0 Å². The fourth-order valence-electron chi connectivity index (χ4n) is 4.07. The molecule has 3 rings (SSSR count). The molecule has 0 saturated carbocycles. The van der Waals surface area contributed by atoms with Crippen molar-refractivity contribution in [1.82, 2.24) is 14.7 Å². The van der Waals surface area contributed by atoms with Crippen LogP contribution >= 0.6 is 0 Å². The fourth-order valence-corrected chi connectivity index (χ4v) is 4.07. The zero-order valence-corrected chi connectivity index (χ0v) is 14.6. The molecular formula is C18H24FN3O3. The normalized spacial score (nSPS) is 25.2. The molecule has 2 saturated heterocycles. The molecular weight excluding hydrogens is 325 g/mol. The van der Waals surface area contributed by atoms with Crippen LogP contribution in [0.3, 0.4) is 0 Å². The zero-order chi connectivity index (χ0) is 18.1. The highest BCUT2D eigenvalue weighted by molar-refractivity contribution is 5.77. The smallest absolute Gasteiger partial charge is 0.320 e. The number of amides is 3. The number of rotatable bonds is 3. The van der Waals surface area contributed by atoms with E-state index in [1.54, 1.807) is 30.0 Å². The molecule has 1 aromatic rings. The van der Waals surface area contributed by atoms with Crippen molar-refractivity contribution in [2.45, 2.75) is 12.5 Å². The Hall–Kier alpha value is -2.15. The monoisotopic (exact) mass is 349 g/mol. The minimum atomic E-state index is -0.329. The largest absolute Gasteiger partial charge is 0.396 e. The molecule has 0 bridgehead atoms. The van der Waals surface area contributed by atoms with Crippen LogP contribution in [0.4, 0.5) is 9.18 Å². The third-order valence-corrected chi connectivity index (χ3v) is 5.16. The maximum absolute atomic E-state index is 13.8. The number of hydrogen-bond donors (Lipinski definition) is 1. The number of likely N-dealkylation sites (tertiary alicyclic amines) is 2. The molecule has 0 unspecified atom stereocenters. The molecule has 3 atom stereocenters. The molecule has 0 radical (unpaired) electrons. The maximum Gasteiger partial charge on any atom is 0.320 e. The van der Waals surface area contributed by atoms with E-state index in [1.165, 1.54) is 17.0 Å². The van der Waals surface area contributed by atoms with Gasteiger partial charge in [0.15, 0.2) is 0 Å². The van der Waals surface area contributed by atoms with Crippen LogP contribution in [-0.4, -0.2) is 72.1 Å². The Kier molecular flexibility index (Phi) is 4.94. The fraction of sp³-hybridized carbons (Fsp3) is 0.556. The SMILES string of the molecule is CN(C)C(=O)N1C[C@H]2CN(C(=O)CCO)C[C@H]2[C@H]1c1cccc(F)c1. The number of halogens is 1. The summed E-state index contributed by atoms with van der Waals surface area (Å²) in [7, 11) is 3.41. The second kappa shape index (κ2) is 7.00. The number of hydrogen-bond acceptors (Lipinski definition) is 3. The van der Waals surface area contributed by atoms with Gasteiger partial charge in [0.05, 0.1) is 12.6 Å². The molecule has 2 aliphatic rings. The van der Waals surface area contributed by atoms with Crippen LogP contribution in [0.25, 0.3) is 0 Å². The van der Waals surface area contributed by atoms with Crippen molar-refractivity contribution in [2.24, 2.45) is 11.8 Å². The summed E-state index contributed by atoms with van der Waals surface area (Å²) in [5.41, 5.74) is 0.763. The van der Waals surface area contributed by atoms with Gasteiger partial charge in [-0.05, 0) is 17.7 Å². The average Bonchev–Trinajstić information content (AvgIpc) is 3.11. The Labute approximate surface area is 146 Å². The summed E-state index contributed by atoms with van der Waals surface area (Å²) in [5.74, 6) is -0.155. The molecule has 6 nitrogen and oxygen atoms in total. The van der Waals surface area contributed by atoms with Gasteiger partial charge in [-0.2, -0.15) is 0 Å². The highest BCUT2D eigenvalue weighted by atomic mass is 19.1. The first kappa shape index (κ1) is 17.7. The van der Waals surface area contributed by atoms with Crippen LogP contribution in [0.15, 0.2) is 24.3 Å². The number of aliphatic hydroxyl groups excluding tert-OH is 1. The minimum Gasteiger partial charge on any atom is -0.396 e. The lowest BCUT2D eigenvalue weighted by atomic mass is 9.89. The maximum atomic E-state index is 13.8. The van der Waals surface area contributed by atoms with Crippen LogP contribution in [0, 0.1) is 17.7 Å². The summed E-state index contributed by atoms with van der Waals surface area (Å²) in [6.45, 7) is 1.49. The summed E-state index contributed by atoms with van der Waals surface area (Å²) in [4.78, 5) is 29.8. The molecule has 0 spiro atoms. The molecule has 25 heavy (non-hydrogen) atoms. The van der Waals surface area contributed by atoms with Gasteiger partial charge in [-0.3, -0.25) is 4.79 Å². The van der Waals surface area contributed by atoms with Crippen LogP contribution in [0.5, 0.6) is 0 Å². The number of carbonyl (C=O) groups excluding carboxylic acids is 2. The summed E-state index contributed by atoms with van der Waals surface area (Å²) in [6, 6.07) is 6.00. The van der Waals surface area contributed by atoms with E-state index >= 15 is 0 Å². The minimum absolute atomic E-state index is 0.0691. The molecule has 2 fully saturated rings. The lowest BCUT2D eigenvalue weighted by molar-refractivity contribution is -0.131. The van der Waals surface area contributed by atoms with Crippen molar-refractivity contribution in [3.05, 3.63) is 35.6 Å². The summed E-state index contributed by atoms with van der Waals surface area (Å²) >= 11 is 0. The number of urea groups is 1. The third kappa shape index (κ3) is 3.33. The number of carbonyl (C=O) groups is 2. The number of aliphatic hydroxyl groups is 1. The van der Waals surface area contributed by atoms with Gasteiger partial charge >= 0.3 is 6.03 Å². The molecule has 3 amide bonds. The van der Waals surface area contributed by atoms with Crippen LogP contribution in [0.2, 0.25) is 0 Å². The van der Waals surface area contributed by atoms with Gasteiger partial charge in [0, 0.05) is 52.0 Å².